The second kappa shape index (κ2) is 7.56. The number of pyridine rings is 1. The number of nitrogens with zero attached hydrogens (tertiary/aromatic N) is 3. The van der Waals surface area contributed by atoms with E-state index in [0.717, 1.165) is 4.90 Å². The molecule has 0 aliphatic rings. The van der Waals surface area contributed by atoms with Gasteiger partial charge in [0.1, 0.15) is 5.69 Å². The van der Waals surface area contributed by atoms with E-state index in [1.54, 1.807) is 0 Å². The van der Waals surface area contributed by atoms with E-state index in [1.165, 1.54) is 30.1 Å². The van der Waals surface area contributed by atoms with Gasteiger partial charge in [-0.3, -0.25) is 9.78 Å². The number of thioether (sulfide) groups is 1. The number of amides is 1. The molecule has 0 radical (unpaired) electrons. The van der Waals surface area contributed by atoms with Gasteiger partial charge in [0, 0.05) is 4.90 Å². The van der Waals surface area contributed by atoms with Crippen LogP contribution in [0.2, 0.25) is 0 Å². The number of halogens is 3. The molecule has 134 valence electrons. The lowest BCUT2D eigenvalue weighted by molar-refractivity contribution is -0.159. The molecular formula is C16H11F3N4O2S. The summed E-state index contributed by atoms with van der Waals surface area (Å²) in [5, 5.41) is 5.90. The molecule has 6 nitrogen and oxygen atoms in total. The summed E-state index contributed by atoms with van der Waals surface area (Å²) in [5.41, 5.74) is 0.507. The lowest BCUT2D eigenvalue weighted by Gasteiger charge is -2.05. The zero-order chi connectivity index (χ0) is 18.6. The van der Waals surface area contributed by atoms with Crippen LogP contribution in [0.25, 0.3) is 11.5 Å². The van der Waals surface area contributed by atoms with Gasteiger partial charge in [0.05, 0.1) is 17.6 Å². The van der Waals surface area contributed by atoms with Crippen LogP contribution in [0.1, 0.15) is 5.89 Å². The minimum absolute atomic E-state index is 0.0981. The van der Waals surface area contributed by atoms with Crippen molar-refractivity contribution in [3.8, 4) is 11.5 Å². The SMILES string of the molecule is O=C(CSc1ccccc1)Nc1ccc(-c2noc(C(F)(F)F)n2)nc1. The Balaban J connectivity index is 1.59. The minimum atomic E-state index is -4.71. The molecule has 1 aromatic carbocycles. The van der Waals surface area contributed by atoms with Crippen LogP contribution in [0.15, 0.2) is 58.1 Å². The number of alkyl halides is 3. The highest BCUT2D eigenvalue weighted by Crippen LogP contribution is 2.29. The van der Waals surface area contributed by atoms with Gasteiger partial charge in [0.15, 0.2) is 0 Å². The van der Waals surface area contributed by atoms with Crippen LogP contribution in [0.4, 0.5) is 18.9 Å². The first kappa shape index (κ1) is 17.9. The van der Waals surface area contributed by atoms with Crippen molar-refractivity contribution in [1.82, 2.24) is 15.1 Å². The Morgan fingerprint density at radius 2 is 1.92 bits per heavy atom. The quantitative estimate of drug-likeness (QED) is 0.677. The molecule has 0 saturated heterocycles. The largest absolute Gasteiger partial charge is 0.471 e. The summed E-state index contributed by atoms with van der Waals surface area (Å²) in [6.45, 7) is 0. The zero-order valence-electron chi connectivity index (χ0n) is 13.0. The molecule has 0 unspecified atom stereocenters. The zero-order valence-corrected chi connectivity index (χ0v) is 13.8. The topological polar surface area (TPSA) is 80.9 Å². The Hall–Kier alpha value is -2.88. The molecule has 0 fully saturated rings. The van der Waals surface area contributed by atoms with Crippen molar-refractivity contribution in [2.24, 2.45) is 0 Å². The Labute approximate surface area is 149 Å². The molecule has 3 rings (SSSR count). The van der Waals surface area contributed by atoms with Crippen LogP contribution in [-0.2, 0) is 11.0 Å². The number of hydrogen-bond donors (Lipinski definition) is 1. The molecule has 2 heterocycles. The predicted octanol–water partition coefficient (Wildman–Crippen LogP) is 3.88. The number of rotatable bonds is 5. The molecular weight excluding hydrogens is 369 g/mol. The van der Waals surface area contributed by atoms with Crippen molar-refractivity contribution in [3.63, 3.8) is 0 Å². The first-order valence-corrected chi connectivity index (χ1v) is 8.25. The highest BCUT2D eigenvalue weighted by atomic mass is 32.2. The lowest BCUT2D eigenvalue weighted by Crippen LogP contribution is -2.14. The van der Waals surface area contributed by atoms with Gasteiger partial charge >= 0.3 is 12.1 Å². The van der Waals surface area contributed by atoms with Crippen molar-refractivity contribution >= 4 is 23.4 Å². The van der Waals surface area contributed by atoms with Gasteiger partial charge in [-0.05, 0) is 24.3 Å². The van der Waals surface area contributed by atoms with Crippen molar-refractivity contribution in [1.29, 1.82) is 0 Å². The van der Waals surface area contributed by atoms with Gasteiger partial charge in [-0.15, -0.1) is 11.8 Å². The molecule has 1 N–H and O–H groups in total. The van der Waals surface area contributed by atoms with E-state index in [0.29, 0.717) is 5.69 Å². The Morgan fingerprint density at radius 1 is 1.15 bits per heavy atom. The van der Waals surface area contributed by atoms with E-state index in [4.69, 9.17) is 0 Å². The third-order valence-corrected chi connectivity index (χ3v) is 4.07. The predicted molar refractivity (Wildman–Crippen MR) is 88.3 cm³/mol. The number of carbonyl (C=O) groups is 1. The van der Waals surface area contributed by atoms with Gasteiger partial charge < -0.3 is 9.84 Å². The summed E-state index contributed by atoms with van der Waals surface area (Å²) in [5.74, 6) is -1.74. The number of benzene rings is 1. The smallest absolute Gasteiger partial charge is 0.329 e. The van der Waals surface area contributed by atoms with Crippen molar-refractivity contribution < 1.29 is 22.5 Å². The Bertz CT molecular complexity index is 883. The third-order valence-electron chi connectivity index (χ3n) is 3.06. The molecule has 0 saturated carbocycles. The fraction of sp³-hybridized carbons (Fsp3) is 0.125. The molecule has 10 heteroatoms. The molecule has 2 aromatic heterocycles. The Morgan fingerprint density at radius 3 is 2.54 bits per heavy atom. The number of hydrogen-bond acceptors (Lipinski definition) is 6. The van der Waals surface area contributed by atoms with Crippen LogP contribution in [0.3, 0.4) is 0 Å². The van der Waals surface area contributed by atoms with E-state index >= 15 is 0 Å². The normalized spacial score (nSPS) is 11.3. The van der Waals surface area contributed by atoms with E-state index in [-0.39, 0.29) is 23.2 Å². The number of aromatic nitrogens is 3. The second-order valence-electron chi connectivity index (χ2n) is 5.00. The van der Waals surface area contributed by atoms with Gasteiger partial charge in [0.2, 0.25) is 11.7 Å². The van der Waals surface area contributed by atoms with Crippen LogP contribution in [0, 0.1) is 0 Å². The molecule has 0 aliphatic carbocycles. The maximum absolute atomic E-state index is 12.5. The summed E-state index contributed by atoms with van der Waals surface area (Å²) >= 11 is 1.38. The van der Waals surface area contributed by atoms with Gasteiger partial charge in [0.25, 0.3) is 0 Å². The molecule has 0 aliphatic heterocycles. The summed E-state index contributed by atoms with van der Waals surface area (Å²) in [6, 6.07) is 12.3. The monoisotopic (exact) mass is 380 g/mol. The van der Waals surface area contributed by atoms with E-state index < -0.39 is 12.1 Å². The van der Waals surface area contributed by atoms with E-state index in [9.17, 15) is 18.0 Å². The van der Waals surface area contributed by atoms with Crippen LogP contribution >= 0.6 is 11.8 Å². The number of carbonyl (C=O) groups excluding carboxylic acids is 1. The number of anilines is 1. The molecule has 0 spiro atoms. The van der Waals surface area contributed by atoms with Gasteiger partial charge in [-0.2, -0.15) is 18.2 Å². The average Bonchev–Trinajstić information content (AvgIpc) is 3.12. The molecule has 26 heavy (non-hydrogen) atoms. The van der Waals surface area contributed by atoms with Crippen molar-refractivity contribution in [2.75, 3.05) is 11.1 Å². The van der Waals surface area contributed by atoms with Crippen LogP contribution in [0.5, 0.6) is 0 Å². The van der Waals surface area contributed by atoms with Crippen LogP contribution < -0.4 is 5.32 Å². The summed E-state index contributed by atoms with van der Waals surface area (Å²) < 4.78 is 41.5. The maximum atomic E-state index is 12.5. The average molecular weight is 380 g/mol. The standard InChI is InChI=1S/C16H11F3N4O2S/c17-16(18,19)15-22-14(23-25-15)12-7-6-10(8-20-12)21-13(24)9-26-11-4-2-1-3-5-11/h1-8H,9H2,(H,21,24). The molecule has 0 bridgehead atoms. The fourth-order valence-corrected chi connectivity index (χ4v) is 2.62. The summed E-state index contributed by atoms with van der Waals surface area (Å²) in [7, 11) is 0. The van der Waals surface area contributed by atoms with Crippen molar-refractivity contribution in [3.05, 3.63) is 54.6 Å². The van der Waals surface area contributed by atoms with Gasteiger partial charge in [-0.1, -0.05) is 23.4 Å². The first-order chi connectivity index (χ1) is 12.4. The second-order valence-corrected chi connectivity index (χ2v) is 6.05. The van der Waals surface area contributed by atoms with Crippen molar-refractivity contribution in [2.45, 2.75) is 11.1 Å². The third kappa shape index (κ3) is 4.60. The minimum Gasteiger partial charge on any atom is -0.329 e. The first-order valence-electron chi connectivity index (χ1n) is 7.27. The molecule has 3 aromatic rings. The highest BCUT2D eigenvalue weighted by molar-refractivity contribution is 8.00. The van der Waals surface area contributed by atoms with Gasteiger partial charge in [-0.25, -0.2) is 0 Å². The van der Waals surface area contributed by atoms with E-state index in [1.807, 2.05) is 30.3 Å². The fourth-order valence-electron chi connectivity index (χ4n) is 1.91. The Kier molecular flexibility index (Phi) is 5.21. The molecule has 1 amide bonds. The van der Waals surface area contributed by atoms with Crippen LogP contribution in [-0.4, -0.2) is 26.8 Å². The molecule has 0 atom stereocenters. The highest BCUT2D eigenvalue weighted by Gasteiger charge is 2.38. The summed E-state index contributed by atoms with van der Waals surface area (Å²) in [6.07, 6.45) is -3.40. The number of nitrogens with one attached hydrogen (secondary N) is 1. The maximum Gasteiger partial charge on any atom is 0.471 e. The van der Waals surface area contributed by atoms with E-state index in [2.05, 4.69) is 25.0 Å². The summed E-state index contributed by atoms with van der Waals surface area (Å²) in [4.78, 5) is 20.1. The lowest BCUT2D eigenvalue weighted by atomic mass is 10.3.